The second-order valence-corrected chi connectivity index (χ2v) is 2.95. The van der Waals surface area contributed by atoms with Crippen molar-refractivity contribution in [1.29, 1.82) is 0 Å². The van der Waals surface area contributed by atoms with Gasteiger partial charge >= 0.3 is 0 Å². The van der Waals surface area contributed by atoms with Gasteiger partial charge in [0.05, 0.1) is 5.69 Å². The molecule has 3 N–H and O–H groups in total. The number of nitrogen functional groups attached to an aromatic ring is 1. The van der Waals surface area contributed by atoms with E-state index >= 15 is 0 Å². The van der Waals surface area contributed by atoms with Crippen LogP contribution in [0.5, 0.6) is 0 Å². The third kappa shape index (κ3) is 2.45. The van der Waals surface area contributed by atoms with Crippen LogP contribution >= 0.6 is 0 Å². The molecule has 1 aromatic carbocycles. The van der Waals surface area contributed by atoms with Crippen molar-refractivity contribution in [3.05, 3.63) is 29.6 Å². The van der Waals surface area contributed by atoms with Crippen LogP contribution in [0.1, 0.15) is 18.9 Å². The maximum absolute atomic E-state index is 13.3. The first-order valence-electron chi connectivity index (χ1n) is 4.44. The second kappa shape index (κ2) is 4.60. The van der Waals surface area contributed by atoms with E-state index in [1.165, 1.54) is 6.07 Å². The summed E-state index contributed by atoms with van der Waals surface area (Å²) in [4.78, 5) is 10.9. The maximum atomic E-state index is 13.3. The zero-order chi connectivity index (χ0) is 10.6. The Morgan fingerprint density at radius 2 is 2.29 bits per heavy atom. The number of hydrogen-bond donors (Lipinski definition) is 2. The van der Waals surface area contributed by atoms with Crippen LogP contribution in [0.3, 0.4) is 0 Å². The normalized spacial score (nSPS) is 9.86. The predicted molar refractivity (Wildman–Crippen MR) is 53.0 cm³/mol. The van der Waals surface area contributed by atoms with Crippen LogP contribution in [0.2, 0.25) is 0 Å². The summed E-state index contributed by atoms with van der Waals surface area (Å²) in [6.45, 7) is 1.93. The first kappa shape index (κ1) is 10.5. The minimum absolute atomic E-state index is 0.105. The quantitative estimate of drug-likeness (QED) is 0.718. The molecule has 0 unspecified atom stereocenters. The van der Waals surface area contributed by atoms with Crippen molar-refractivity contribution in [2.45, 2.75) is 19.9 Å². The Bertz CT molecular complexity index is 339. The molecule has 0 heterocycles. The number of hydrogen-bond acceptors (Lipinski definition) is 2. The standard InChI is InChI=1S/C10H13FN2O/c1-2-9(14)13-6-7-4-3-5-8(12)10(7)11/h3-5H,2,6,12H2,1H3,(H,13,14). The number of nitrogens with two attached hydrogens (primary N) is 1. The molecule has 0 fully saturated rings. The van der Waals surface area contributed by atoms with E-state index in [9.17, 15) is 9.18 Å². The number of carbonyl (C=O) groups excluding carboxylic acids is 1. The monoisotopic (exact) mass is 196 g/mol. The lowest BCUT2D eigenvalue weighted by Crippen LogP contribution is -2.22. The third-order valence-electron chi connectivity index (χ3n) is 1.91. The van der Waals surface area contributed by atoms with E-state index < -0.39 is 5.82 Å². The zero-order valence-electron chi connectivity index (χ0n) is 8.01. The number of carbonyl (C=O) groups is 1. The molecule has 0 bridgehead atoms. The molecule has 0 aliphatic heterocycles. The maximum Gasteiger partial charge on any atom is 0.219 e. The van der Waals surface area contributed by atoms with Crippen molar-refractivity contribution >= 4 is 11.6 Å². The Kier molecular flexibility index (Phi) is 3.45. The molecule has 4 heteroatoms. The minimum atomic E-state index is -0.455. The summed E-state index contributed by atoms with van der Waals surface area (Å²) in [5.41, 5.74) is 5.89. The van der Waals surface area contributed by atoms with Gasteiger partial charge in [0.25, 0.3) is 0 Å². The number of anilines is 1. The summed E-state index contributed by atoms with van der Waals surface area (Å²) in [6, 6.07) is 4.74. The SMILES string of the molecule is CCC(=O)NCc1cccc(N)c1F. The van der Waals surface area contributed by atoms with Crippen LogP contribution in [-0.2, 0) is 11.3 Å². The highest BCUT2D eigenvalue weighted by molar-refractivity contribution is 5.75. The Labute approximate surface area is 82.1 Å². The summed E-state index contributed by atoms with van der Waals surface area (Å²) >= 11 is 0. The summed E-state index contributed by atoms with van der Waals surface area (Å²) in [7, 11) is 0. The van der Waals surface area contributed by atoms with Crippen LogP contribution < -0.4 is 11.1 Å². The fourth-order valence-electron chi connectivity index (χ4n) is 1.05. The van der Waals surface area contributed by atoms with Gasteiger partial charge in [-0.3, -0.25) is 4.79 Å². The number of nitrogens with one attached hydrogen (secondary N) is 1. The van der Waals surface area contributed by atoms with E-state index in [1.54, 1.807) is 19.1 Å². The average Bonchev–Trinajstić information content (AvgIpc) is 2.20. The van der Waals surface area contributed by atoms with Crippen LogP contribution in [-0.4, -0.2) is 5.91 Å². The molecule has 0 saturated carbocycles. The molecule has 1 amide bonds. The number of halogens is 1. The Morgan fingerprint density at radius 3 is 2.93 bits per heavy atom. The van der Waals surface area contributed by atoms with Gasteiger partial charge < -0.3 is 11.1 Å². The lowest BCUT2D eigenvalue weighted by molar-refractivity contribution is -0.120. The molecule has 0 aliphatic rings. The van der Waals surface area contributed by atoms with Gasteiger partial charge in [-0.1, -0.05) is 19.1 Å². The van der Waals surface area contributed by atoms with E-state index in [1.807, 2.05) is 0 Å². The van der Waals surface area contributed by atoms with Crippen LogP contribution in [0.15, 0.2) is 18.2 Å². The van der Waals surface area contributed by atoms with Gasteiger partial charge in [-0.15, -0.1) is 0 Å². The third-order valence-corrected chi connectivity index (χ3v) is 1.91. The molecular weight excluding hydrogens is 183 g/mol. The highest BCUT2D eigenvalue weighted by Gasteiger charge is 2.05. The summed E-state index contributed by atoms with van der Waals surface area (Å²) in [5.74, 6) is -0.560. The molecule has 0 radical (unpaired) electrons. The fourth-order valence-corrected chi connectivity index (χ4v) is 1.05. The van der Waals surface area contributed by atoms with E-state index in [2.05, 4.69) is 5.32 Å². The topological polar surface area (TPSA) is 55.1 Å². The van der Waals surface area contributed by atoms with Crippen molar-refractivity contribution in [3.8, 4) is 0 Å². The molecule has 76 valence electrons. The largest absolute Gasteiger partial charge is 0.396 e. The van der Waals surface area contributed by atoms with Gasteiger partial charge in [-0.2, -0.15) is 0 Å². The number of amides is 1. The second-order valence-electron chi connectivity index (χ2n) is 2.95. The summed E-state index contributed by atoms with van der Waals surface area (Å²) in [6.07, 6.45) is 0.393. The van der Waals surface area contributed by atoms with Crippen molar-refractivity contribution in [2.24, 2.45) is 0 Å². The molecule has 1 rings (SSSR count). The molecule has 0 aromatic heterocycles. The van der Waals surface area contributed by atoms with Gasteiger partial charge in [-0.05, 0) is 6.07 Å². The molecule has 14 heavy (non-hydrogen) atoms. The predicted octanol–water partition coefficient (Wildman–Crippen LogP) is 1.43. The van der Waals surface area contributed by atoms with Gasteiger partial charge in [0, 0.05) is 18.5 Å². The molecule has 0 atom stereocenters. The van der Waals surface area contributed by atoms with E-state index in [0.29, 0.717) is 12.0 Å². The smallest absolute Gasteiger partial charge is 0.219 e. The van der Waals surface area contributed by atoms with E-state index in [0.717, 1.165) is 0 Å². The van der Waals surface area contributed by atoms with Crippen LogP contribution in [0.25, 0.3) is 0 Å². The molecule has 0 aliphatic carbocycles. The van der Waals surface area contributed by atoms with Crippen LogP contribution in [0.4, 0.5) is 10.1 Å². The van der Waals surface area contributed by atoms with Crippen molar-refractivity contribution in [1.82, 2.24) is 5.32 Å². The average molecular weight is 196 g/mol. The Hall–Kier alpha value is -1.58. The molecule has 0 spiro atoms. The lowest BCUT2D eigenvalue weighted by atomic mass is 10.2. The Morgan fingerprint density at radius 1 is 1.57 bits per heavy atom. The first-order valence-corrected chi connectivity index (χ1v) is 4.44. The zero-order valence-corrected chi connectivity index (χ0v) is 8.01. The molecule has 1 aromatic rings. The summed E-state index contributed by atoms with van der Waals surface area (Å²) in [5, 5.41) is 2.58. The van der Waals surface area contributed by atoms with Crippen LogP contribution in [0, 0.1) is 5.82 Å². The fraction of sp³-hybridized carbons (Fsp3) is 0.300. The van der Waals surface area contributed by atoms with E-state index in [-0.39, 0.29) is 18.1 Å². The minimum Gasteiger partial charge on any atom is -0.396 e. The van der Waals surface area contributed by atoms with Gasteiger partial charge in [0.1, 0.15) is 0 Å². The van der Waals surface area contributed by atoms with Crippen molar-refractivity contribution in [3.63, 3.8) is 0 Å². The molecule has 3 nitrogen and oxygen atoms in total. The summed E-state index contributed by atoms with van der Waals surface area (Å²) < 4.78 is 13.3. The molecular formula is C10H13FN2O. The first-order chi connectivity index (χ1) is 6.65. The van der Waals surface area contributed by atoms with Gasteiger partial charge in [0.2, 0.25) is 5.91 Å². The number of rotatable bonds is 3. The van der Waals surface area contributed by atoms with Gasteiger partial charge in [-0.25, -0.2) is 4.39 Å². The Balaban J connectivity index is 2.68. The number of benzene rings is 1. The van der Waals surface area contributed by atoms with Crippen molar-refractivity contribution < 1.29 is 9.18 Å². The van der Waals surface area contributed by atoms with Gasteiger partial charge in [0.15, 0.2) is 5.82 Å². The lowest BCUT2D eigenvalue weighted by Gasteiger charge is -2.06. The highest BCUT2D eigenvalue weighted by Crippen LogP contribution is 2.13. The highest BCUT2D eigenvalue weighted by atomic mass is 19.1. The van der Waals surface area contributed by atoms with E-state index in [4.69, 9.17) is 5.73 Å². The molecule has 0 saturated heterocycles. The van der Waals surface area contributed by atoms with Crippen molar-refractivity contribution in [2.75, 3.05) is 5.73 Å².